The van der Waals surface area contributed by atoms with Crippen molar-refractivity contribution in [1.29, 1.82) is 0 Å². The highest BCUT2D eigenvalue weighted by Crippen LogP contribution is 2.14. The van der Waals surface area contributed by atoms with Gasteiger partial charge in [-0.1, -0.05) is 0 Å². The van der Waals surface area contributed by atoms with Gasteiger partial charge < -0.3 is 10.1 Å². The van der Waals surface area contributed by atoms with E-state index in [-0.39, 0.29) is 36.5 Å². The molecule has 1 aromatic heterocycles. The summed E-state index contributed by atoms with van der Waals surface area (Å²) in [5.74, 6) is 0. The zero-order valence-electron chi connectivity index (χ0n) is 8.36. The van der Waals surface area contributed by atoms with Crippen LogP contribution < -0.4 is 10.9 Å². The fraction of sp³-hybridized carbons (Fsp3) is 0.625. The molecule has 1 unspecified atom stereocenters. The predicted molar refractivity (Wildman–Crippen MR) is 62.1 cm³/mol. The topological polar surface area (TPSA) is 59.1 Å². The Morgan fingerprint density at radius 3 is 2.73 bits per heavy atom. The van der Waals surface area contributed by atoms with Crippen LogP contribution in [0.3, 0.4) is 0 Å². The summed E-state index contributed by atoms with van der Waals surface area (Å²) in [7, 11) is 1.70. The molecule has 88 valence electrons. The molecule has 0 aliphatic carbocycles. The minimum atomic E-state index is -0.0239. The van der Waals surface area contributed by atoms with Gasteiger partial charge in [0.15, 0.2) is 0 Å². The molecule has 1 atom stereocenters. The van der Waals surface area contributed by atoms with Crippen LogP contribution in [0.15, 0.2) is 10.9 Å². The second-order valence-corrected chi connectivity index (χ2v) is 3.17. The molecule has 1 aliphatic heterocycles. The lowest BCUT2D eigenvalue weighted by atomic mass is 10.2. The number of nitrogens with one attached hydrogen (secondary N) is 2. The molecule has 0 spiro atoms. The zero-order chi connectivity index (χ0) is 9.26. The van der Waals surface area contributed by atoms with E-state index in [0.29, 0.717) is 6.61 Å². The van der Waals surface area contributed by atoms with Crippen molar-refractivity contribution in [2.45, 2.75) is 6.10 Å². The Labute approximate surface area is 100.0 Å². The molecule has 7 heteroatoms. The molecule has 5 nitrogen and oxygen atoms in total. The maximum atomic E-state index is 11.1. The standard InChI is InChI=1S/C8H13N3O2.2ClH/c1-11-8(12)4-6(10-11)7-5-9-2-3-13-7;;/h4,7,9-10H,2-3,5H2,1H3;2*1H. The average Bonchev–Trinajstić information content (AvgIpc) is 2.49. The first kappa shape index (κ1) is 14.5. The average molecular weight is 256 g/mol. The number of aryl methyl sites for hydroxylation is 1. The van der Waals surface area contributed by atoms with Crippen LogP contribution in [-0.4, -0.2) is 29.5 Å². The maximum absolute atomic E-state index is 11.1. The van der Waals surface area contributed by atoms with Crippen LogP contribution in [0.25, 0.3) is 0 Å². The molecule has 0 amide bonds. The lowest BCUT2D eigenvalue weighted by molar-refractivity contribution is 0.0247. The Bertz CT molecular complexity index is 344. The molecule has 1 fully saturated rings. The largest absolute Gasteiger partial charge is 0.369 e. The summed E-state index contributed by atoms with van der Waals surface area (Å²) in [4.78, 5) is 11.1. The van der Waals surface area contributed by atoms with Gasteiger partial charge in [0.1, 0.15) is 6.10 Å². The van der Waals surface area contributed by atoms with Crippen LogP contribution in [0.1, 0.15) is 11.8 Å². The summed E-state index contributed by atoms with van der Waals surface area (Å²) in [6, 6.07) is 1.58. The van der Waals surface area contributed by atoms with Crippen molar-refractivity contribution < 1.29 is 4.74 Å². The molecule has 15 heavy (non-hydrogen) atoms. The van der Waals surface area contributed by atoms with Crippen molar-refractivity contribution in [3.05, 3.63) is 22.1 Å². The van der Waals surface area contributed by atoms with E-state index in [1.807, 2.05) is 0 Å². The summed E-state index contributed by atoms with van der Waals surface area (Å²) in [5.41, 5.74) is 0.823. The lowest BCUT2D eigenvalue weighted by Gasteiger charge is -2.22. The number of nitrogens with zero attached hydrogens (tertiary/aromatic N) is 1. The molecule has 2 rings (SSSR count). The van der Waals surface area contributed by atoms with Gasteiger partial charge in [-0.25, -0.2) is 0 Å². The highest BCUT2D eigenvalue weighted by molar-refractivity contribution is 5.85. The van der Waals surface area contributed by atoms with E-state index in [9.17, 15) is 4.79 Å². The number of H-pyrrole nitrogens is 1. The van der Waals surface area contributed by atoms with Gasteiger partial charge in [0.05, 0.1) is 12.3 Å². The zero-order valence-corrected chi connectivity index (χ0v) is 9.99. The normalized spacial score (nSPS) is 20.2. The van der Waals surface area contributed by atoms with E-state index >= 15 is 0 Å². The first-order chi connectivity index (χ1) is 6.27. The van der Waals surface area contributed by atoms with Crippen molar-refractivity contribution >= 4 is 24.8 Å². The molecule has 1 aromatic rings. The number of rotatable bonds is 1. The van der Waals surface area contributed by atoms with Crippen molar-refractivity contribution in [3.8, 4) is 0 Å². The van der Waals surface area contributed by atoms with E-state index in [1.54, 1.807) is 13.1 Å². The summed E-state index contributed by atoms with van der Waals surface area (Å²) in [5, 5.41) is 6.16. The lowest BCUT2D eigenvalue weighted by Crippen LogP contribution is -2.33. The van der Waals surface area contributed by atoms with Gasteiger partial charge in [-0.3, -0.25) is 14.6 Å². The molecule has 0 radical (unpaired) electrons. The number of morpholine rings is 1. The third kappa shape index (κ3) is 3.24. The number of hydrogen-bond acceptors (Lipinski definition) is 3. The maximum Gasteiger partial charge on any atom is 0.266 e. The third-order valence-corrected chi connectivity index (χ3v) is 2.18. The summed E-state index contributed by atoms with van der Waals surface area (Å²) in [6.07, 6.45) is -0.0114. The third-order valence-electron chi connectivity index (χ3n) is 2.18. The number of ether oxygens (including phenoxy) is 1. The van der Waals surface area contributed by atoms with Crippen LogP contribution in [-0.2, 0) is 11.8 Å². The van der Waals surface area contributed by atoms with E-state index in [4.69, 9.17) is 4.74 Å². The van der Waals surface area contributed by atoms with E-state index in [1.165, 1.54) is 4.68 Å². The fourth-order valence-corrected chi connectivity index (χ4v) is 1.44. The minimum absolute atomic E-state index is 0. The van der Waals surface area contributed by atoms with Crippen molar-refractivity contribution in [2.75, 3.05) is 19.7 Å². The second-order valence-electron chi connectivity index (χ2n) is 3.17. The Balaban J connectivity index is 0.000000980. The van der Waals surface area contributed by atoms with Crippen LogP contribution in [0.2, 0.25) is 0 Å². The quantitative estimate of drug-likeness (QED) is 0.755. The number of halogens is 2. The summed E-state index contributed by atoms with van der Waals surface area (Å²) < 4.78 is 6.94. The first-order valence-electron chi connectivity index (χ1n) is 4.35. The number of aromatic nitrogens is 2. The number of hydrogen-bond donors (Lipinski definition) is 2. The highest BCUT2D eigenvalue weighted by atomic mass is 35.5. The Morgan fingerprint density at radius 1 is 1.53 bits per heavy atom. The molecule has 0 aromatic carbocycles. The van der Waals surface area contributed by atoms with Gasteiger partial charge >= 0.3 is 0 Å². The smallest absolute Gasteiger partial charge is 0.266 e. The second kappa shape index (κ2) is 6.17. The van der Waals surface area contributed by atoms with Crippen LogP contribution in [0, 0.1) is 0 Å². The molecule has 2 heterocycles. The van der Waals surface area contributed by atoms with Crippen LogP contribution in [0.4, 0.5) is 0 Å². The highest BCUT2D eigenvalue weighted by Gasteiger charge is 2.17. The van der Waals surface area contributed by atoms with Gasteiger partial charge in [0, 0.05) is 26.2 Å². The molecular weight excluding hydrogens is 241 g/mol. The Hall–Kier alpha value is -0.490. The molecule has 1 aliphatic rings. The van der Waals surface area contributed by atoms with Crippen molar-refractivity contribution in [2.24, 2.45) is 7.05 Å². The summed E-state index contributed by atoms with van der Waals surface area (Å²) >= 11 is 0. The monoisotopic (exact) mass is 255 g/mol. The van der Waals surface area contributed by atoms with Gasteiger partial charge in [0.25, 0.3) is 5.56 Å². The van der Waals surface area contributed by atoms with Crippen molar-refractivity contribution in [3.63, 3.8) is 0 Å². The summed E-state index contributed by atoms with van der Waals surface area (Å²) in [6.45, 7) is 2.34. The van der Waals surface area contributed by atoms with Crippen LogP contribution in [0.5, 0.6) is 0 Å². The minimum Gasteiger partial charge on any atom is -0.369 e. The molecule has 2 N–H and O–H groups in total. The van der Waals surface area contributed by atoms with E-state index in [0.717, 1.165) is 18.8 Å². The van der Waals surface area contributed by atoms with Crippen LogP contribution >= 0.6 is 24.8 Å². The molecule has 1 saturated heterocycles. The first-order valence-corrected chi connectivity index (χ1v) is 4.35. The molecule has 0 saturated carbocycles. The molecular formula is C8H15Cl2N3O2. The van der Waals surface area contributed by atoms with Gasteiger partial charge in [-0.05, 0) is 0 Å². The SMILES string of the molecule is Cl.Cl.Cn1[nH]c(C2CNCCO2)cc1=O. The van der Waals surface area contributed by atoms with E-state index in [2.05, 4.69) is 10.4 Å². The predicted octanol–water partition coefficient (Wildman–Crippen LogP) is 0.218. The van der Waals surface area contributed by atoms with E-state index < -0.39 is 0 Å². The number of aromatic amines is 1. The van der Waals surface area contributed by atoms with Gasteiger partial charge in [0.2, 0.25) is 0 Å². The van der Waals surface area contributed by atoms with Gasteiger partial charge in [-0.15, -0.1) is 24.8 Å². The fourth-order valence-electron chi connectivity index (χ4n) is 1.44. The Morgan fingerprint density at radius 2 is 2.27 bits per heavy atom. The molecule has 0 bridgehead atoms. The van der Waals surface area contributed by atoms with Gasteiger partial charge in [-0.2, -0.15) is 0 Å². The van der Waals surface area contributed by atoms with Crippen molar-refractivity contribution in [1.82, 2.24) is 15.1 Å². The Kier molecular flexibility index (Phi) is 5.97.